The standard InChI is InChI=1S/C20H21N5O6S3/c1-33(28,29)21-9-11-10-32-19-17(11)34(30,31)24-18(22-19)15-16(26)13-7-2-3-8-14(13)25(20(15)27)23-12-5-4-6-12/h2-3,7-8,10,12,21,23,26H,4-6,9H2,1H3,(H,22,24). The Bertz CT molecular complexity index is 1620. The smallest absolute Gasteiger partial charge is 0.287 e. The number of nitrogens with zero attached hydrogens (tertiary/aromatic N) is 2. The second kappa shape index (κ2) is 8.08. The van der Waals surface area contributed by atoms with E-state index >= 15 is 0 Å². The third-order valence-corrected chi connectivity index (χ3v) is 8.90. The minimum Gasteiger partial charge on any atom is -0.506 e. The predicted octanol–water partition coefficient (Wildman–Crippen LogP) is 1.47. The zero-order chi connectivity index (χ0) is 24.3. The highest BCUT2D eigenvalue weighted by atomic mass is 32.2. The van der Waals surface area contributed by atoms with Crippen LogP contribution in [0.1, 0.15) is 30.4 Å². The third-order valence-electron chi connectivity index (χ3n) is 5.75. The van der Waals surface area contributed by atoms with E-state index < -0.39 is 25.6 Å². The van der Waals surface area contributed by atoms with Crippen LogP contribution in [0.4, 0.5) is 5.00 Å². The van der Waals surface area contributed by atoms with Gasteiger partial charge in [0.15, 0.2) is 5.84 Å². The van der Waals surface area contributed by atoms with Crippen LogP contribution in [0, 0.1) is 0 Å². The first-order chi connectivity index (χ1) is 16.0. The average molecular weight is 524 g/mol. The van der Waals surface area contributed by atoms with Gasteiger partial charge in [0.05, 0.1) is 11.8 Å². The fourth-order valence-electron chi connectivity index (χ4n) is 3.87. The molecule has 0 saturated heterocycles. The van der Waals surface area contributed by atoms with E-state index in [1.54, 1.807) is 24.3 Å². The van der Waals surface area contributed by atoms with Gasteiger partial charge >= 0.3 is 0 Å². The predicted molar refractivity (Wildman–Crippen MR) is 130 cm³/mol. The van der Waals surface area contributed by atoms with Gasteiger partial charge in [-0.3, -0.25) is 4.79 Å². The summed E-state index contributed by atoms with van der Waals surface area (Å²) in [5, 5.41) is 15.9. The van der Waals surface area contributed by atoms with Crippen LogP contribution in [0.15, 0.2) is 43.7 Å². The highest BCUT2D eigenvalue weighted by molar-refractivity contribution is 7.91. The van der Waals surface area contributed by atoms with Gasteiger partial charge in [0.1, 0.15) is 21.2 Å². The Labute approximate surface area is 199 Å². The van der Waals surface area contributed by atoms with E-state index in [-0.39, 0.29) is 45.2 Å². The van der Waals surface area contributed by atoms with Gasteiger partial charge in [-0.05, 0) is 36.8 Å². The topological polar surface area (TPSA) is 159 Å². The number of thiophene rings is 1. The van der Waals surface area contributed by atoms with Crippen molar-refractivity contribution in [2.75, 3.05) is 17.0 Å². The molecule has 1 aromatic carbocycles. The summed E-state index contributed by atoms with van der Waals surface area (Å²) in [5.74, 6) is -0.679. The quantitative estimate of drug-likeness (QED) is 0.378. The lowest BCUT2D eigenvalue weighted by molar-refractivity contribution is 0.414. The maximum absolute atomic E-state index is 13.5. The summed E-state index contributed by atoms with van der Waals surface area (Å²) in [6, 6.07) is 6.87. The van der Waals surface area contributed by atoms with E-state index in [1.165, 1.54) is 10.1 Å². The number of fused-ring (bicyclic) bond motifs is 2. The van der Waals surface area contributed by atoms with Crippen molar-refractivity contribution in [1.29, 1.82) is 0 Å². The van der Waals surface area contributed by atoms with Gasteiger partial charge in [0.2, 0.25) is 10.0 Å². The van der Waals surface area contributed by atoms with Gasteiger partial charge in [-0.1, -0.05) is 12.1 Å². The number of rotatable bonds is 6. The van der Waals surface area contributed by atoms with Crippen LogP contribution in [0.25, 0.3) is 10.9 Å². The number of benzene rings is 1. The lowest BCUT2D eigenvalue weighted by Gasteiger charge is -2.29. The van der Waals surface area contributed by atoms with Gasteiger partial charge in [-0.2, -0.15) is 8.42 Å². The highest BCUT2D eigenvalue weighted by Crippen LogP contribution is 2.38. The summed E-state index contributed by atoms with van der Waals surface area (Å²) in [7, 11) is -7.83. The van der Waals surface area contributed by atoms with Crippen LogP contribution in [-0.2, 0) is 26.6 Å². The van der Waals surface area contributed by atoms with Crippen LogP contribution in [0.5, 0.6) is 5.75 Å². The zero-order valence-corrected chi connectivity index (χ0v) is 20.3. The normalized spacial score (nSPS) is 17.5. The molecular formula is C20H21N5O6S3. The van der Waals surface area contributed by atoms with Crippen LogP contribution >= 0.6 is 11.3 Å². The molecule has 34 heavy (non-hydrogen) atoms. The van der Waals surface area contributed by atoms with E-state index in [4.69, 9.17) is 0 Å². The van der Waals surface area contributed by atoms with Gasteiger partial charge in [0, 0.05) is 23.5 Å². The summed E-state index contributed by atoms with van der Waals surface area (Å²) in [5.41, 5.74) is 2.95. The number of aromatic hydroxyl groups is 1. The first kappa shape index (κ1) is 22.8. The Kier molecular flexibility index (Phi) is 5.42. The van der Waals surface area contributed by atoms with Gasteiger partial charge in [-0.15, -0.1) is 15.7 Å². The zero-order valence-electron chi connectivity index (χ0n) is 17.9. The third kappa shape index (κ3) is 3.96. The van der Waals surface area contributed by atoms with Crippen molar-refractivity contribution in [1.82, 2.24) is 9.40 Å². The Balaban J connectivity index is 1.63. The van der Waals surface area contributed by atoms with Gasteiger partial charge in [-0.25, -0.2) is 17.8 Å². The second-order valence-corrected chi connectivity index (χ2v) is 12.4. The van der Waals surface area contributed by atoms with E-state index in [0.29, 0.717) is 10.9 Å². The molecular weight excluding hydrogens is 502 g/mol. The van der Waals surface area contributed by atoms with E-state index in [1.807, 2.05) is 0 Å². The lowest BCUT2D eigenvalue weighted by Crippen LogP contribution is -2.42. The van der Waals surface area contributed by atoms with Crippen molar-refractivity contribution < 1.29 is 21.9 Å². The maximum Gasteiger partial charge on any atom is 0.287 e. The van der Waals surface area contributed by atoms with Crippen LogP contribution in [0.2, 0.25) is 0 Å². The molecule has 3 aromatic rings. The number of aromatic nitrogens is 1. The molecule has 2 aromatic heterocycles. The maximum atomic E-state index is 13.5. The molecule has 1 saturated carbocycles. The van der Waals surface area contributed by atoms with Crippen LogP contribution in [0.3, 0.4) is 0 Å². The summed E-state index contributed by atoms with van der Waals surface area (Å²) < 4.78 is 56.4. The average Bonchev–Trinajstić information content (AvgIpc) is 3.14. The van der Waals surface area contributed by atoms with Crippen molar-refractivity contribution in [3.63, 3.8) is 0 Å². The minimum absolute atomic E-state index is 0.0947. The molecule has 0 spiro atoms. The number of amidine groups is 1. The molecule has 14 heteroatoms. The second-order valence-electron chi connectivity index (χ2n) is 8.19. The lowest BCUT2D eigenvalue weighted by atomic mass is 9.94. The number of sulfonamides is 2. The summed E-state index contributed by atoms with van der Waals surface area (Å²) >= 11 is 1.03. The molecule has 2 aliphatic rings. The SMILES string of the molecule is CS(=O)(=O)NCc1csc2c1S(=O)(=O)N=C(c1c(O)c3ccccc3n(NC3CCC3)c1=O)N2. The Morgan fingerprint density at radius 1 is 1.29 bits per heavy atom. The van der Waals surface area contributed by atoms with Crippen molar-refractivity contribution in [2.24, 2.45) is 4.40 Å². The fourth-order valence-corrected chi connectivity index (χ4v) is 6.90. The van der Waals surface area contributed by atoms with E-state index in [9.17, 15) is 26.7 Å². The number of pyridine rings is 1. The molecule has 1 aliphatic heterocycles. The summed E-state index contributed by atoms with van der Waals surface area (Å²) in [6.07, 6.45) is 3.81. The fraction of sp³-hybridized carbons (Fsp3) is 0.300. The first-order valence-electron chi connectivity index (χ1n) is 10.4. The van der Waals surface area contributed by atoms with Crippen molar-refractivity contribution >= 4 is 53.1 Å². The number of hydrogen-bond acceptors (Lipinski definition) is 9. The molecule has 0 atom stereocenters. The number of hydrogen-bond donors (Lipinski definition) is 4. The van der Waals surface area contributed by atoms with E-state index in [2.05, 4.69) is 19.9 Å². The molecule has 3 heterocycles. The van der Waals surface area contributed by atoms with Gasteiger partial charge in [0.25, 0.3) is 15.6 Å². The molecule has 5 rings (SSSR count). The van der Waals surface area contributed by atoms with Gasteiger partial charge < -0.3 is 15.8 Å². The Morgan fingerprint density at radius 3 is 2.71 bits per heavy atom. The summed E-state index contributed by atoms with van der Waals surface area (Å²) in [4.78, 5) is 13.3. The molecule has 0 amide bonds. The molecule has 0 unspecified atom stereocenters. The van der Waals surface area contributed by atoms with Crippen molar-refractivity contribution in [3.8, 4) is 5.75 Å². The number of para-hydroxylation sites is 1. The molecule has 1 fully saturated rings. The first-order valence-corrected chi connectivity index (χ1v) is 14.6. The van der Waals surface area contributed by atoms with Crippen LogP contribution in [-0.4, -0.2) is 44.8 Å². The summed E-state index contributed by atoms with van der Waals surface area (Å²) in [6.45, 7) is -0.226. The van der Waals surface area contributed by atoms with Crippen molar-refractivity contribution in [3.05, 3.63) is 51.1 Å². The molecule has 0 bridgehead atoms. The largest absolute Gasteiger partial charge is 0.506 e. The van der Waals surface area contributed by atoms with Crippen LogP contribution < -0.4 is 21.0 Å². The Morgan fingerprint density at radius 2 is 2.03 bits per heavy atom. The molecule has 1 aliphatic carbocycles. The molecule has 11 nitrogen and oxygen atoms in total. The highest BCUT2D eigenvalue weighted by Gasteiger charge is 2.34. The molecule has 4 N–H and O–H groups in total. The molecule has 180 valence electrons. The van der Waals surface area contributed by atoms with E-state index in [0.717, 1.165) is 36.9 Å². The monoisotopic (exact) mass is 523 g/mol. The Hall–Kier alpha value is -2.94. The van der Waals surface area contributed by atoms with Crippen molar-refractivity contribution in [2.45, 2.75) is 36.7 Å². The molecule has 0 radical (unpaired) electrons. The minimum atomic E-state index is -4.29. The number of anilines is 1. The number of nitrogens with one attached hydrogen (secondary N) is 3.